The summed E-state index contributed by atoms with van der Waals surface area (Å²) in [6.07, 6.45) is 10.3. The molecule has 4 aliphatic carbocycles. The average molecular weight is 331 g/mol. The second-order valence-electron chi connectivity index (χ2n) is 10.0. The maximum absolute atomic E-state index is 12.4. The first-order valence-corrected chi connectivity index (χ1v) is 10.2. The lowest BCUT2D eigenvalue weighted by Gasteiger charge is -2.57. The minimum atomic E-state index is -0.122. The first-order chi connectivity index (χ1) is 11.3. The van der Waals surface area contributed by atoms with E-state index in [-0.39, 0.29) is 17.4 Å². The van der Waals surface area contributed by atoms with Gasteiger partial charge in [0.25, 0.3) is 0 Å². The van der Waals surface area contributed by atoms with Crippen molar-refractivity contribution in [1.29, 1.82) is 0 Å². The number of carbonyl (C=O) groups is 1. The number of hydrogen-bond donors (Lipinski definition) is 1. The number of aliphatic hydroxyl groups excluding tert-OH is 1. The minimum Gasteiger partial charge on any atom is -0.393 e. The van der Waals surface area contributed by atoms with Gasteiger partial charge in [0.1, 0.15) is 5.78 Å². The van der Waals surface area contributed by atoms with Gasteiger partial charge in [-0.15, -0.1) is 0 Å². The Bertz CT molecular complexity index is 579. The summed E-state index contributed by atoms with van der Waals surface area (Å²) in [6, 6.07) is 0. The highest BCUT2D eigenvalue weighted by atomic mass is 16.3. The highest BCUT2D eigenvalue weighted by Gasteiger charge is 2.61. The van der Waals surface area contributed by atoms with Crippen molar-refractivity contribution in [3.63, 3.8) is 0 Å². The zero-order valence-electron chi connectivity index (χ0n) is 15.8. The third-order valence-electron chi connectivity index (χ3n) is 8.86. The number of hydrogen-bond acceptors (Lipinski definition) is 2. The largest absolute Gasteiger partial charge is 0.393 e. The summed E-state index contributed by atoms with van der Waals surface area (Å²) >= 11 is 0. The fraction of sp³-hybridized carbons (Fsp3) is 0.864. The summed E-state index contributed by atoms with van der Waals surface area (Å²) in [5.41, 5.74) is 2.07. The molecule has 4 aliphatic rings. The van der Waals surface area contributed by atoms with Gasteiger partial charge in [0, 0.05) is 5.92 Å². The van der Waals surface area contributed by atoms with E-state index in [1.54, 1.807) is 5.57 Å². The predicted molar refractivity (Wildman–Crippen MR) is 96.4 cm³/mol. The number of carbonyl (C=O) groups excluding carboxylic acids is 1. The van der Waals surface area contributed by atoms with Crippen LogP contribution in [0.1, 0.15) is 72.6 Å². The highest BCUT2D eigenvalue weighted by molar-refractivity contribution is 5.80. The Morgan fingerprint density at radius 1 is 1.21 bits per heavy atom. The van der Waals surface area contributed by atoms with Crippen molar-refractivity contribution in [2.45, 2.75) is 78.7 Å². The molecule has 0 aromatic rings. The molecule has 4 rings (SSSR count). The van der Waals surface area contributed by atoms with Crippen LogP contribution in [0, 0.1) is 40.4 Å². The third-order valence-corrected chi connectivity index (χ3v) is 8.86. The van der Waals surface area contributed by atoms with E-state index in [9.17, 15) is 9.90 Å². The summed E-state index contributed by atoms with van der Waals surface area (Å²) in [6.45, 7) is 9.04. The molecule has 24 heavy (non-hydrogen) atoms. The van der Waals surface area contributed by atoms with Crippen LogP contribution in [-0.2, 0) is 4.79 Å². The van der Waals surface area contributed by atoms with Gasteiger partial charge in [0.15, 0.2) is 0 Å². The molecule has 2 nitrogen and oxygen atoms in total. The smallest absolute Gasteiger partial charge is 0.133 e. The molecule has 134 valence electrons. The van der Waals surface area contributed by atoms with Crippen LogP contribution in [0.3, 0.4) is 0 Å². The zero-order valence-corrected chi connectivity index (χ0v) is 15.8. The van der Waals surface area contributed by atoms with Crippen LogP contribution < -0.4 is 0 Å². The van der Waals surface area contributed by atoms with Crippen molar-refractivity contribution >= 4 is 5.78 Å². The lowest BCUT2D eigenvalue weighted by atomic mass is 9.47. The number of rotatable bonds is 1. The van der Waals surface area contributed by atoms with E-state index in [1.165, 1.54) is 25.7 Å². The van der Waals surface area contributed by atoms with Gasteiger partial charge in [-0.1, -0.05) is 32.4 Å². The molecule has 0 heterocycles. The summed E-state index contributed by atoms with van der Waals surface area (Å²) < 4.78 is 0. The Morgan fingerprint density at radius 3 is 2.67 bits per heavy atom. The van der Waals surface area contributed by atoms with E-state index >= 15 is 0 Å². The second kappa shape index (κ2) is 5.43. The van der Waals surface area contributed by atoms with Gasteiger partial charge in [-0.05, 0) is 86.4 Å². The first kappa shape index (κ1) is 16.8. The molecule has 0 saturated heterocycles. The summed E-state index contributed by atoms with van der Waals surface area (Å²) in [5, 5.41) is 10.1. The fourth-order valence-electron chi connectivity index (χ4n) is 7.87. The van der Waals surface area contributed by atoms with Crippen LogP contribution in [-0.4, -0.2) is 17.0 Å². The number of fused-ring (bicyclic) bond motifs is 5. The maximum Gasteiger partial charge on any atom is 0.133 e. The van der Waals surface area contributed by atoms with Crippen LogP contribution in [0.5, 0.6) is 0 Å². The summed E-state index contributed by atoms with van der Waals surface area (Å²) in [5.74, 6) is 3.46. The van der Waals surface area contributed by atoms with E-state index in [4.69, 9.17) is 0 Å². The lowest BCUT2D eigenvalue weighted by Crippen LogP contribution is -2.51. The molecule has 0 aromatic heterocycles. The number of allylic oxidation sites excluding steroid dienone is 1. The average Bonchev–Trinajstić information content (AvgIpc) is 2.78. The van der Waals surface area contributed by atoms with Gasteiger partial charge in [-0.2, -0.15) is 0 Å². The minimum absolute atomic E-state index is 0.122. The van der Waals surface area contributed by atoms with Crippen molar-refractivity contribution in [2.75, 3.05) is 0 Å². The second-order valence-corrected chi connectivity index (χ2v) is 10.0. The van der Waals surface area contributed by atoms with E-state index in [2.05, 4.69) is 26.8 Å². The Morgan fingerprint density at radius 2 is 1.96 bits per heavy atom. The van der Waals surface area contributed by atoms with Crippen LogP contribution in [0.2, 0.25) is 0 Å². The molecule has 3 fully saturated rings. The van der Waals surface area contributed by atoms with Crippen LogP contribution >= 0.6 is 0 Å². The molecular formula is C22H34O2. The van der Waals surface area contributed by atoms with E-state index in [0.29, 0.717) is 23.0 Å². The van der Waals surface area contributed by atoms with Crippen molar-refractivity contribution in [3.05, 3.63) is 11.6 Å². The van der Waals surface area contributed by atoms with Crippen molar-refractivity contribution in [1.82, 2.24) is 0 Å². The van der Waals surface area contributed by atoms with Gasteiger partial charge in [-0.3, -0.25) is 4.79 Å². The van der Waals surface area contributed by atoms with Crippen LogP contribution in [0.4, 0.5) is 0 Å². The van der Waals surface area contributed by atoms with E-state index < -0.39 is 0 Å². The van der Waals surface area contributed by atoms with Crippen LogP contribution in [0.15, 0.2) is 11.6 Å². The first-order valence-electron chi connectivity index (χ1n) is 10.2. The van der Waals surface area contributed by atoms with Gasteiger partial charge >= 0.3 is 0 Å². The molecule has 3 saturated carbocycles. The lowest BCUT2D eigenvalue weighted by molar-refractivity contribution is -0.128. The molecular weight excluding hydrogens is 296 g/mol. The molecule has 0 amide bonds. The standard InChI is InChI=1S/C22H34O2/c1-13-11-19-17-6-5-15-12-16(24)7-9-21(15,3)18(17)8-10-22(19,4)20(13)14(2)23/h5,13,16-20,24H,6-12H2,1-4H3/t13-,16-,17-,18+,19-,20+,21+,22+/m1/s1. The molecule has 1 N–H and O–H groups in total. The predicted octanol–water partition coefficient (Wildman–Crippen LogP) is 4.76. The quantitative estimate of drug-likeness (QED) is 0.704. The van der Waals surface area contributed by atoms with Crippen molar-refractivity contribution in [2.24, 2.45) is 40.4 Å². The molecule has 2 heteroatoms. The molecule has 0 spiro atoms. The fourth-order valence-corrected chi connectivity index (χ4v) is 7.87. The summed E-state index contributed by atoms with van der Waals surface area (Å²) in [4.78, 5) is 12.4. The molecule has 8 atom stereocenters. The number of ketones is 1. The molecule has 0 aliphatic heterocycles. The van der Waals surface area contributed by atoms with Gasteiger partial charge in [-0.25, -0.2) is 0 Å². The SMILES string of the molecule is CC(=O)[C@@H]1[C@H](C)C[C@@H]2[C@@H]3CC=C4C[C@H](O)CC[C@]4(C)[C@H]3CC[C@@]21C. The van der Waals surface area contributed by atoms with Gasteiger partial charge < -0.3 is 5.11 Å². The van der Waals surface area contributed by atoms with Crippen LogP contribution in [0.25, 0.3) is 0 Å². The van der Waals surface area contributed by atoms with Crippen molar-refractivity contribution in [3.8, 4) is 0 Å². The summed E-state index contributed by atoms with van der Waals surface area (Å²) in [7, 11) is 0. The third kappa shape index (κ3) is 2.14. The monoisotopic (exact) mass is 330 g/mol. The molecule has 0 radical (unpaired) electrons. The van der Waals surface area contributed by atoms with E-state index in [0.717, 1.165) is 31.1 Å². The normalized spacial score (nSPS) is 53.6. The number of Topliss-reactive ketones (excluding diaryl/α,β-unsaturated/α-hetero) is 1. The Labute approximate surface area is 147 Å². The topological polar surface area (TPSA) is 37.3 Å². The molecule has 0 aromatic carbocycles. The van der Waals surface area contributed by atoms with Gasteiger partial charge in [0.05, 0.1) is 6.10 Å². The van der Waals surface area contributed by atoms with Gasteiger partial charge in [0.2, 0.25) is 0 Å². The van der Waals surface area contributed by atoms with Crippen molar-refractivity contribution < 1.29 is 9.90 Å². The van der Waals surface area contributed by atoms with E-state index in [1.807, 2.05) is 6.92 Å². The Kier molecular flexibility index (Phi) is 3.81. The Balaban J connectivity index is 1.68. The number of aliphatic hydroxyl groups is 1. The zero-order chi connectivity index (χ0) is 17.3. The highest BCUT2D eigenvalue weighted by Crippen LogP contribution is 2.67. The maximum atomic E-state index is 12.4. The Hall–Kier alpha value is -0.630. The molecule has 0 bridgehead atoms. The molecule has 0 unspecified atom stereocenters.